The molecule has 0 bridgehead atoms. The highest BCUT2D eigenvalue weighted by Crippen LogP contribution is 2.06. The van der Waals surface area contributed by atoms with Crippen molar-refractivity contribution in [3.63, 3.8) is 0 Å². The molecule has 1 aromatic carbocycles. The summed E-state index contributed by atoms with van der Waals surface area (Å²) in [5, 5.41) is 4.69. The number of nitrogen functional groups attached to an aromatic ring is 1. The molecule has 0 fully saturated rings. The first-order chi connectivity index (χ1) is 6.38. The number of amidine groups is 1. The molecule has 6 nitrogen and oxygen atoms in total. The molecular weight excluding hydrogens is 204 g/mol. The van der Waals surface area contributed by atoms with Gasteiger partial charge in [-0.05, 0) is 12.1 Å². The summed E-state index contributed by atoms with van der Waals surface area (Å²) in [4.78, 5) is 0. The standard InChI is InChI=1S/C7H10N4O2S/c8-6-3-1-2-5(4-6)7(9)11-14(10,12)13/h1-4H,8H2,(H2,9,11)(H2,10,12,13). The minimum atomic E-state index is -3.96. The summed E-state index contributed by atoms with van der Waals surface area (Å²) in [7, 11) is -3.96. The largest absolute Gasteiger partial charge is 0.399 e. The van der Waals surface area contributed by atoms with E-state index in [-0.39, 0.29) is 5.84 Å². The zero-order chi connectivity index (χ0) is 10.8. The highest BCUT2D eigenvalue weighted by Gasteiger charge is 2.03. The monoisotopic (exact) mass is 214 g/mol. The Kier molecular flexibility index (Phi) is 2.73. The van der Waals surface area contributed by atoms with Crippen LogP contribution in [0.3, 0.4) is 0 Å². The van der Waals surface area contributed by atoms with Gasteiger partial charge in [0.15, 0.2) is 0 Å². The number of benzene rings is 1. The van der Waals surface area contributed by atoms with Gasteiger partial charge in [0.25, 0.3) is 0 Å². The van der Waals surface area contributed by atoms with Crippen LogP contribution < -0.4 is 16.6 Å². The molecule has 6 N–H and O–H groups in total. The molecule has 0 saturated carbocycles. The van der Waals surface area contributed by atoms with E-state index in [9.17, 15) is 8.42 Å². The normalized spacial score (nSPS) is 12.8. The van der Waals surface area contributed by atoms with Gasteiger partial charge in [0.2, 0.25) is 0 Å². The van der Waals surface area contributed by atoms with Crippen molar-refractivity contribution in [2.24, 2.45) is 15.3 Å². The Morgan fingerprint density at radius 2 is 2.00 bits per heavy atom. The Bertz CT molecular complexity index is 466. The quantitative estimate of drug-likeness (QED) is 0.338. The van der Waals surface area contributed by atoms with Crippen LogP contribution in [0.4, 0.5) is 5.69 Å². The summed E-state index contributed by atoms with van der Waals surface area (Å²) in [6, 6.07) is 6.37. The average molecular weight is 214 g/mol. The number of nitrogens with zero attached hydrogens (tertiary/aromatic N) is 1. The van der Waals surface area contributed by atoms with E-state index in [0.29, 0.717) is 11.3 Å². The molecule has 0 atom stereocenters. The second kappa shape index (κ2) is 3.64. The van der Waals surface area contributed by atoms with Crippen molar-refractivity contribution < 1.29 is 8.42 Å². The summed E-state index contributed by atoms with van der Waals surface area (Å²) in [6.07, 6.45) is 0. The van der Waals surface area contributed by atoms with Gasteiger partial charge in [0.05, 0.1) is 0 Å². The van der Waals surface area contributed by atoms with Crippen molar-refractivity contribution in [2.75, 3.05) is 5.73 Å². The molecule has 1 aromatic rings. The second-order valence-electron chi connectivity index (χ2n) is 2.62. The third-order valence-electron chi connectivity index (χ3n) is 1.41. The van der Waals surface area contributed by atoms with E-state index in [1.807, 2.05) is 0 Å². The van der Waals surface area contributed by atoms with E-state index in [1.54, 1.807) is 18.2 Å². The lowest BCUT2D eigenvalue weighted by Crippen LogP contribution is -2.19. The van der Waals surface area contributed by atoms with Gasteiger partial charge in [-0.15, -0.1) is 4.40 Å². The first-order valence-corrected chi connectivity index (χ1v) is 5.13. The van der Waals surface area contributed by atoms with Crippen LogP contribution in [0.5, 0.6) is 0 Å². The molecule has 0 aliphatic rings. The predicted octanol–water partition coefficient (Wildman–Crippen LogP) is -0.822. The number of nitrogens with two attached hydrogens (primary N) is 3. The smallest absolute Gasteiger partial charge is 0.319 e. The summed E-state index contributed by atoms with van der Waals surface area (Å²) in [5.41, 5.74) is 11.7. The minimum Gasteiger partial charge on any atom is -0.399 e. The van der Waals surface area contributed by atoms with E-state index in [4.69, 9.17) is 11.5 Å². The third-order valence-corrected chi connectivity index (χ3v) is 1.86. The first kappa shape index (κ1) is 10.5. The lowest BCUT2D eigenvalue weighted by atomic mass is 10.2. The highest BCUT2D eigenvalue weighted by atomic mass is 32.2. The number of hydrogen-bond donors (Lipinski definition) is 3. The number of anilines is 1. The molecule has 0 aliphatic heterocycles. The lowest BCUT2D eigenvalue weighted by molar-refractivity contribution is 0.599. The van der Waals surface area contributed by atoms with Gasteiger partial charge in [-0.3, -0.25) is 0 Å². The Balaban J connectivity index is 3.13. The van der Waals surface area contributed by atoms with Crippen LogP contribution in [-0.4, -0.2) is 14.3 Å². The Morgan fingerprint density at radius 3 is 2.50 bits per heavy atom. The fourth-order valence-electron chi connectivity index (χ4n) is 0.888. The van der Waals surface area contributed by atoms with Gasteiger partial charge >= 0.3 is 10.2 Å². The van der Waals surface area contributed by atoms with Crippen LogP contribution in [-0.2, 0) is 10.2 Å². The molecule has 1 rings (SSSR count). The van der Waals surface area contributed by atoms with Crippen molar-refractivity contribution >= 4 is 21.7 Å². The Labute approximate surface area is 81.6 Å². The molecule has 0 aromatic heterocycles. The van der Waals surface area contributed by atoms with Crippen LogP contribution in [0, 0.1) is 0 Å². The fourth-order valence-corrected chi connectivity index (χ4v) is 1.27. The molecule has 0 spiro atoms. The van der Waals surface area contributed by atoms with Crippen LogP contribution in [0.25, 0.3) is 0 Å². The van der Waals surface area contributed by atoms with E-state index >= 15 is 0 Å². The van der Waals surface area contributed by atoms with Crippen LogP contribution >= 0.6 is 0 Å². The van der Waals surface area contributed by atoms with Crippen molar-refractivity contribution in [2.45, 2.75) is 0 Å². The lowest BCUT2D eigenvalue weighted by Gasteiger charge is -2.00. The summed E-state index contributed by atoms with van der Waals surface area (Å²) in [6.45, 7) is 0. The maximum absolute atomic E-state index is 10.6. The van der Waals surface area contributed by atoms with Gasteiger partial charge in [-0.2, -0.15) is 8.42 Å². The minimum absolute atomic E-state index is 0.181. The maximum atomic E-state index is 10.6. The third kappa shape index (κ3) is 3.04. The van der Waals surface area contributed by atoms with Crippen molar-refractivity contribution in [1.82, 2.24) is 0 Å². The zero-order valence-electron chi connectivity index (χ0n) is 7.21. The van der Waals surface area contributed by atoms with Crippen LogP contribution in [0.2, 0.25) is 0 Å². The predicted molar refractivity (Wildman–Crippen MR) is 54.7 cm³/mol. The number of hydrogen-bond acceptors (Lipinski definition) is 3. The molecule has 0 saturated heterocycles. The molecule has 0 amide bonds. The van der Waals surface area contributed by atoms with Gasteiger partial charge in [0, 0.05) is 11.3 Å². The summed E-state index contributed by atoms with van der Waals surface area (Å²) < 4.78 is 24.3. The van der Waals surface area contributed by atoms with E-state index in [2.05, 4.69) is 9.54 Å². The molecule has 0 heterocycles. The molecule has 14 heavy (non-hydrogen) atoms. The molecule has 0 aliphatic carbocycles. The van der Waals surface area contributed by atoms with Crippen molar-refractivity contribution in [3.8, 4) is 0 Å². The van der Waals surface area contributed by atoms with Gasteiger partial charge in [-0.1, -0.05) is 12.1 Å². The molecule has 7 heteroatoms. The van der Waals surface area contributed by atoms with E-state index < -0.39 is 10.2 Å². The highest BCUT2D eigenvalue weighted by molar-refractivity contribution is 7.88. The zero-order valence-corrected chi connectivity index (χ0v) is 8.03. The van der Waals surface area contributed by atoms with Gasteiger partial charge in [0.1, 0.15) is 5.84 Å². The van der Waals surface area contributed by atoms with E-state index in [1.165, 1.54) is 6.07 Å². The van der Waals surface area contributed by atoms with Crippen LogP contribution in [0.15, 0.2) is 28.7 Å². The molecule has 0 unspecified atom stereocenters. The topological polar surface area (TPSA) is 125 Å². The second-order valence-corrected chi connectivity index (χ2v) is 3.83. The average Bonchev–Trinajstić information content (AvgIpc) is 2.01. The van der Waals surface area contributed by atoms with E-state index in [0.717, 1.165) is 0 Å². The van der Waals surface area contributed by atoms with Crippen molar-refractivity contribution in [1.29, 1.82) is 0 Å². The number of rotatable bonds is 2. The SMILES string of the molecule is N/C(=N\S(N)(=O)=O)c1cccc(N)c1. The first-order valence-electron chi connectivity index (χ1n) is 3.62. The summed E-state index contributed by atoms with van der Waals surface area (Å²) >= 11 is 0. The molecular formula is C7H10N4O2S. The Hall–Kier alpha value is -1.60. The summed E-state index contributed by atoms with van der Waals surface area (Å²) in [5.74, 6) is -0.181. The van der Waals surface area contributed by atoms with Crippen molar-refractivity contribution in [3.05, 3.63) is 29.8 Å². The van der Waals surface area contributed by atoms with Gasteiger partial charge in [-0.25, -0.2) is 5.14 Å². The van der Waals surface area contributed by atoms with Gasteiger partial charge < -0.3 is 11.5 Å². The Morgan fingerprint density at radius 1 is 1.36 bits per heavy atom. The van der Waals surface area contributed by atoms with Crippen LogP contribution in [0.1, 0.15) is 5.56 Å². The molecule has 76 valence electrons. The molecule has 0 radical (unpaired) electrons. The fraction of sp³-hybridized carbons (Fsp3) is 0. The maximum Gasteiger partial charge on any atom is 0.319 e.